The molecule has 0 aromatic heterocycles. The first kappa shape index (κ1) is 47.2. The molecule has 6 saturated carbocycles. The molecule has 0 aliphatic heterocycles. The third kappa shape index (κ3) is 8.07. The first-order valence-corrected chi connectivity index (χ1v) is 27.1. The topological polar surface area (TPSA) is 74.6 Å². The summed E-state index contributed by atoms with van der Waals surface area (Å²) in [6.45, 7) is 24.7. The van der Waals surface area contributed by atoms with Crippen LogP contribution in [0.1, 0.15) is 210 Å². The molecule has 8 aliphatic rings. The molecule has 0 aromatic rings. The summed E-state index contributed by atoms with van der Waals surface area (Å²) in [6.07, 6.45) is 27.6. The van der Waals surface area contributed by atoms with Crippen LogP contribution in [0, 0.1) is 105 Å². The Hall–Kier alpha value is -1.26. The van der Waals surface area contributed by atoms with Crippen LogP contribution in [0.3, 0.4) is 0 Å². The highest BCUT2D eigenvalue weighted by Gasteiger charge is 2.64. The largest absolute Gasteiger partial charge is 0.393 e. The van der Waals surface area contributed by atoms with E-state index >= 15 is 0 Å². The lowest BCUT2D eigenvalue weighted by molar-refractivity contribution is -0.141. The van der Waals surface area contributed by atoms with Crippen LogP contribution in [0.2, 0.25) is 0 Å². The van der Waals surface area contributed by atoms with Gasteiger partial charge in [-0.05, 0) is 172 Å². The highest BCUT2D eigenvalue weighted by molar-refractivity contribution is 5.90. The number of allylic oxidation sites excluding steroid dienone is 2. The molecule has 62 heavy (non-hydrogen) atoms. The number of rotatable bonds is 15. The number of carbonyl (C=O) groups excluding carboxylic acids is 2. The van der Waals surface area contributed by atoms with E-state index < -0.39 is 12.2 Å². The van der Waals surface area contributed by atoms with Gasteiger partial charge in [-0.3, -0.25) is 9.59 Å². The van der Waals surface area contributed by atoms with Crippen molar-refractivity contribution in [1.29, 1.82) is 0 Å². The second kappa shape index (κ2) is 18.1. The molecule has 0 bridgehead atoms. The molecule has 0 radical (unpaired) electrons. The van der Waals surface area contributed by atoms with Crippen LogP contribution >= 0.6 is 0 Å². The zero-order chi connectivity index (χ0) is 44.5. The maximum atomic E-state index is 14.9. The first-order chi connectivity index (χ1) is 29.3. The van der Waals surface area contributed by atoms with Gasteiger partial charge in [0.05, 0.1) is 12.2 Å². The van der Waals surface area contributed by atoms with Crippen molar-refractivity contribution in [3.8, 4) is 0 Å². The Morgan fingerprint density at radius 2 is 0.952 bits per heavy atom. The second-order valence-corrected chi connectivity index (χ2v) is 26.0. The van der Waals surface area contributed by atoms with Crippen molar-refractivity contribution < 1.29 is 19.8 Å². The van der Waals surface area contributed by atoms with Crippen LogP contribution in [-0.2, 0) is 9.59 Å². The number of hydrogen-bond donors (Lipinski definition) is 2. The lowest BCUT2D eigenvalue weighted by Gasteiger charge is -2.60. The monoisotopic (exact) mass is 855 g/mol. The molecule has 0 heterocycles. The predicted octanol–water partition coefficient (Wildman–Crippen LogP) is 14.2. The lowest BCUT2D eigenvalue weighted by Crippen LogP contribution is -2.56. The quantitative estimate of drug-likeness (QED) is 0.161. The van der Waals surface area contributed by atoms with E-state index in [9.17, 15) is 19.8 Å². The van der Waals surface area contributed by atoms with Crippen LogP contribution < -0.4 is 0 Å². The van der Waals surface area contributed by atoms with Crippen molar-refractivity contribution in [2.24, 2.45) is 105 Å². The Balaban J connectivity index is 0.960. The minimum atomic E-state index is -0.485. The smallest absolute Gasteiger partial charge is 0.137 e. The number of carbonyl (C=O) groups is 2. The Bertz CT molecular complexity index is 1570. The summed E-state index contributed by atoms with van der Waals surface area (Å²) in [6, 6.07) is 0. The maximum Gasteiger partial charge on any atom is 0.137 e. The fourth-order valence-corrected chi connectivity index (χ4v) is 19.0. The van der Waals surface area contributed by atoms with Crippen LogP contribution in [0.15, 0.2) is 23.3 Å². The highest BCUT2D eigenvalue weighted by atomic mass is 16.3. The number of aliphatic hydroxyl groups is 2. The van der Waals surface area contributed by atoms with Crippen molar-refractivity contribution >= 4 is 11.6 Å². The van der Waals surface area contributed by atoms with Gasteiger partial charge >= 0.3 is 0 Å². The van der Waals surface area contributed by atoms with E-state index in [0.29, 0.717) is 72.0 Å². The number of hydrogen-bond acceptors (Lipinski definition) is 4. The van der Waals surface area contributed by atoms with Crippen LogP contribution in [0.25, 0.3) is 0 Å². The predicted molar refractivity (Wildman–Crippen MR) is 255 cm³/mol. The second-order valence-electron chi connectivity index (χ2n) is 26.0. The lowest BCUT2D eigenvalue weighted by atomic mass is 9.44. The minimum absolute atomic E-state index is 0.217. The number of Topliss-reactive ketones (excluding diaryl/α,β-unsaturated/α-hetero) is 2. The van der Waals surface area contributed by atoms with Gasteiger partial charge in [-0.25, -0.2) is 0 Å². The number of ketones is 2. The van der Waals surface area contributed by atoms with Gasteiger partial charge in [-0.15, -0.1) is 0 Å². The van der Waals surface area contributed by atoms with Gasteiger partial charge in [0, 0.05) is 35.5 Å². The standard InChI is InChI=1S/C58H94O4/c1-35(2)13-11-15-37(5)45-21-23-47-43-19-17-39-31-41(59)33-51(57(39,9)49(43)27-29-55(45,47)7)53(61)25-26-54(62)52-34-42(60)32-40-18-20-44-48-24-22-46(38(6)16-12-14-36(3)4)56(48,8)30-28-50(44)58(40,52)10/h17-18,35-38,41-52,59-60H,11-16,19-34H2,1-10H3/t37-,38-,41-,42-,43+,44+,45-,46-,47+,48+,49+,50+,51?,52?,55-,56-,57-,58-/m1/s1. The maximum absolute atomic E-state index is 14.9. The Morgan fingerprint density at radius 3 is 1.32 bits per heavy atom. The van der Waals surface area contributed by atoms with Gasteiger partial charge in [0.15, 0.2) is 0 Å². The van der Waals surface area contributed by atoms with Gasteiger partial charge < -0.3 is 10.2 Å². The van der Waals surface area contributed by atoms with E-state index in [2.05, 4.69) is 81.4 Å². The van der Waals surface area contributed by atoms with E-state index in [4.69, 9.17) is 0 Å². The summed E-state index contributed by atoms with van der Waals surface area (Å²) in [7, 11) is 0. The summed E-state index contributed by atoms with van der Waals surface area (Å²) in [5.41, 5.74) is 2.99. The molecule has 350 valence electrons. The number of fused-ring (bicyclic) bond motifs is 10. The van der Waals surface area contributed by atoms with Crippen molar-refractivity contribution in [2.45, 2.75) is 223 Å². The molecular weight excluding hydrogens is 761 g/mol. The Labute approximate surface area is 380 Å². The zero-order valence-electron chi connectivity index (χ0n) is 41.7. The third-order valence-electron chi connectivity index (χ3n) is 22.2. The summed E-state index contributed by atoms with van der Waals surface area (Å²) in [4.78, 5) is 29.8. The molecule has 2 unspecified atom stereocenters. The van der Waals surface area contributed by atoms with Gasteiger partial charge in [0.2, 0.25) is 0 Å². The molecule has 8 aliphatic carbocycles. The van der Waals surface area contributed by atoms with Crippen molar-refractivity contribution in [3.05, 3.63) is 23.3 Å². The third-order valence-corrected chi connectivity index (χ3v) is 22.2. The van der Waals surface area contributed by atoms with E-state index in [-0.39, 0.29) is 47.1 Å². The molecule has 8 rings (SSSR count). The number of aliphatic hydroxyl groups excluding tert-OH is 2. The molecule has 0 saturated heterocycles. The van der Waals surface area contributed by atoms with Crippen molar-refractivity contribution in [1.82, 2.24) is 0 Å². The molecular formula is C58H94O4. The zero-order valence-corrected chi connectivity index (χ0v) is 41.7. The summed E-state index contributed by atoms with van der Waals surface area (Å²) >= 11 is 0. The molecule has 6 fully saturated rings. The van der Waals surface area contributed by atoms with E-state index in [1.165, 1.54) is 101 Å². The van der Waals surface area contributed by atoms with Crippen LogP contribution in [0.5, 0.6) is 0 Å². The Morgan fingerprint density at radius 1 is 0.565 bits per heavy atom. The van der Waals surface area contributed by atoms with Gasteiger partial charge in [-0.1, -0.05) is 131 Å². The normalized spacial score (nSPS) is 45.8. The van der Waals surface area contributed by atoms with Gasteiger partial charge in [0.25, 0.3) is 0 Å². The SMILES string of the molecule is CC(C)CCC[C@@H](C)[C@H]1CC[C@H]2[C@@H]3CC=C4C[C@@H](O)CC(C(=O)CCC(=O)C5C[C@H](O)CC6=CC[C@H]7[C@@H]8CC[C@H]([C@H](C)CCCC(C)C)[C@@]8(C)CC[C@@H]7[C@@]65C)[C@@]4(C)[C@H]3CC[C@]12C. The molecule has 18 atom stereocenters. The Kier molecular flexibility index (Phi) is 13.8. The van der Waals surface area contributed by atoms with E-state index in [0.717, 1.165) is 48.3 Å². The van der Waals surface area contributed by atoms with Gasteiger partial charge in [0.1, 0.15) is 11.6 Å². The average Bonchev–Trinajstić information content (AvgIpc) is 3.76. The fraction of sp³-hybridized carbons (Fsp3) is 0.897. The first-order valence-electron chi connectivity index (χ1n) is 27.1. The van der Waals surface area contributed by atoms with Crippen LogP contribution in [0.4, 0.5) is 0 Å². The van der Waals surface area contributed by atoms with Gasteiger partial charge in [-0.2, -0.15) is 0 Å². The molecule has 0 amide bonds. The molecule has 0 aromatic carbocycles. The molecule has 2 N–H and O–H groups in total. The minimum Gasteiger partial charge on any atom is -0.393 e. The van der Waals surface area contributed by atoms with Crippen molar-refractivity contribution in [3.63, 3.8) is 0 Å². The fourth-order valence-electron chi connectivity index (χ4n) is 19.0. The molecule has 4 nitrogen and oxygen atoms in total. The summed E-state index contributed by atoms with van der Waals surface area (Å²) in [5.74, 6) is 8.26. The van der Waals surface area contributed by atoms with Crippen LogP contribution in [-0.4, -0.2) is 34.0 Å². The highest BCUT2D eigenvalue weighted by Crippen LogP contribution is 2.70. The van der Waals surface area contributed by atoms with E-state index in [1.54, 1.807) is 0 Å². The molecule has 4 heteroatoms. The summed E-state index contributed by atoms with van der Waals surface area (Å²) < 4.78 is 0. The summed E-state index contributed by atoms with van der Waals surface area (Å²) in [5, 5.41) is 22.7. The molecule has 0 spiro atoms. The average molecular weight is 855 g/mol. The van der Waals surface area contributed by atoms with Crippen molar-refractivity contribution in [2.75, 3.05) is 0 Å². The van der Waals surface area contributed by atoms with E-state index in [1.807, 2.05) is 0 Å².